The molecule has 0 radical (unpaired) electrons. The number of anilines is 1. The Morgan fingerprint density at radius 2 is 2.04 bits per heavy atom. The molecule has 25 heavy (non-hydrogen) atoms. The number of carboxylic acid groups (broad SMARTS) is 1. The molecule has 7 heteroatoms. The summed E-state index contributed by atoms with van der Waals surface area (Å²) in [6, 6.07) is 5.75. The van der Waals surface area contributed by atoms with Crippen LogP contribution in [0.4, 0.5) is 5.69 Å². The van der Waals surface area contributed by atoms with Crippen molar-refractivity contribution in [2.75, 3.05) is 38.0 Å². The van der Waals surface area contributed by atoms with Gasteiger partial charge in [-0.15, -0.1) is 0 Å². The van der Waals surface area contributed by atoms with E-state index in [0.29, 0.717) is 17.3 Å². The van der Waals surface area contributed by atoms with Crippen LogP contribution in [-0.2, 0) is 9.59 Å². The number of carbonyl (C=O) groups excluding carboxylic acids is 1. The Balaban J connectivity index is 1.79. The largest absolute Gasteiger partial charge is 0.480 e. The van der Waals surface area contributed by atoms with Crippen molar-refractivity contribution in [1.29, 1.82) is 0 Å². The Morgan fingerprint density at radius 3 is 2.60 bits per heavy atom. The second-order valence-corrected chi connectivity index (χ2v) is 6.88. The summed E-state index contributed by atoms with van der Waals surface area (Å²) < 4.78 is 0. The molecule has 6 nitrogen and oxygen atoms in total. The van der Waals surface area contributed by atoms with Crippen molar-refractivity contribution in [3.05, 3.63) is 28.8 Å². The van der Waals surface area contributed by atoms with Crippen LogP contribution in [0.2, 0.25) is 5.02 Å². The first kappa shape index (κ1) is 19.7. The highest BCUT2D eigenvalue weighted by Gasteiger charge is 2.25. The number of hydrogen-bond donors (Lipinski definition) is 2. The van der Waals surface area contributed by atoms with Crippen molar-refractivity contribution in [3.63, 3.8) is 0 Å². The third-order valence-electron chi connectivity index (χ3n) is 4.64. The number of aryl methyl sites for hydroxylation is 1. The molecule has 1 fully saturated rings. The first-order valence-corrected chi connectivity index (χ1v) is 9.01. The minimum absolute atomic E-state index is 0.0590. The molecule has 0 atom stereocenters. The van der Waals surface area contributed by atoms with Gasteiger partial charge in [-0.2, -0.15) is 0 Å². The highest BCUT2D eigenvalue weighted by Crippen LogP contribution is 2.20. The molecule has 1 aromatic rings. The number of amides is 1. The Labute approximate surface area is 153 Å². The van der Waals surface area contributed by atoms with Gasteiger partial charge in [-0.1, -0.05) is 24.6 Å². The van der Waals surface area contributed by atoms with Gasteiger partial charge in [-0.3, -0.25) is 19.4 Å². The van der Waals surface area contributed by atoms with Crippen LogP contribution in [-0.4, -0.2) is 65.5 Å². The molecule has 0 spiro atoms. The molecule has 138 valence electrons. The summed E-state index contributed by atoms with van der Waals surface area (Å²) in [6.07, 6.45) is 1.76. The van der Waals surface area contributed by atoms with E-state index in [1.165, 1.54) is 0 Å². The van der Waals surface area contributed by atoms with E-state index in [9.17, 15) is 9.59 Å². The van der Waals surface area contributed by atoms with Gasteiger partial charge in [-0.25, -0.2) is 0 Å². The highest BCUT2D eigenvalue weighted by molar-refractivity contribution is 6.31. The van der Waals surface area contributed by atoms with E-state index in [2.05, 4.69) is 10.2 Å². The van der Waals surface area contributed by atoms with E-state index in [0.717, 1.165) is 38.0 Å². The molecule has 1 aromatic carbocycles. The third kappa shape index (κ3) is 5.99. The van der Waals surface area contributed by atoms with Gasteiger partial charge in [0, 0.05) is 29.8 Å². The smallest absolute Gasteiger partial charge is 0.317 e. The fraction of sp³-hybridized carbons (Fsp3) is 0.556. The summed E-state index contributed by atoms with van der Waals surface area (Å²) in [4.78, 5) is 27.2. The maximum absolute atomic E-state index is 12.2. The minimum atomic E-state index is -0.791. The summed E-state index contributed by atoms with van der Waals surface area (Å²) in [5.41, 5.74) is 1.68. The molecule has 0 aromatic heterocycles. The lowest BCUT2D eigenvalue weighted by molar-refractivity contribution is -0.139. The van der Waals surface area contributed by atoms with Crippen molar-refractivity contribution < 1.29 is 14.7 Å². The van der Waals surface area contributed by atoms with Gasteiger partial charge >= 0.3 is 5.97 Å². The molecule has 0 aliphatic carbocycles. The van der Waals surface area contributed by atoms with Crippen LogP contribution in [0, 0.1) is 6.92 Å². The molecule has 1 heterocycles. The van der Waals surface area contributed by atoms with Crippen LogP contribution in [0.3, 0.4) is 0 Å². The van der Waals surface area contributed by atoms with Crippen LogP contribution < -0.4 is 5.32 Å². The van der Waals surface area contributed by atoms with Gasteiger partial charge in [0.15, 0.2) is 0 Å². The normalized spacial score (nSPS) is 16.2. The lowest BCUT2D eigenvalue weighted by Gasteiger charge is -2.37. The number of nitrogens with zero attached hydrogens (tertiary/aromatic N) is 2. The third-order valence-corrected chi connectivity index (χ3v) is 5.05. The van der Waals surface area contributed by atoms with Gasteiger partial charge in [-0.05, 0) is 44.0 Å². The van der Waals surface area contributed by atoms with Crippen LogP contribution >= 0.6 is 11.6 Å². The van der Waals surface area contributed by atoms with Gasteiger partial charge in [0.25, 0.3) is 0 Å². The van der Waals surface area contributed by atoms with Crippen molar-refractivity contribution in [2.45, 2.75) is 32.7 Å². The van der Waals surface area contributed by atoms with E-state index in [1.54, 1.807) is 6.07 Å². The lowest BCUT2D eigenvalue weighted by atomic mass is 10.0. The monoisotopic (exact) mass is 367 g/mol. The van der Waals surface area contributed by atoms with Gasteiger partial charge in [0.1, 0.15) is 0 Å². The molecule has 1 saturated heterocycles. The van der Waals surface area contributed by atoms with Gasteiger partial charge in [0.05, 0.1) is 13.1 Å². The molecule has 0 unspecified atom stereocenters. The lowest BCUT2D eigenvalue weighted by Crippen LogP contribution is -2.48. The Kier molecular flexibility index (Phi) is 7.23. The molecule has 1 aliphatic rings. The van der Waals surface area contributed by atoms with Crippen LogP contribution in [0.25, 0.3) is 0 Å². The number of nitrogens with one attached hydrogen (secondary N) is 1. The summed E-state index contributed by atoms with van der Waals surface area (Å²) >= 11 is 6.08. The predicted octanol–water partition coefficient (Wildman–Crippen LogP) is 2.46. The van der Waals surface area contributed by atoms with Crippen molar-refractivity contribution in [3.8, 4) is 0 Å². The quantitative estimate of drug-likeness (QED) is 0.774. The maximum atomic E-state index is 12.2. The zero-order valence-electron chi connectivity index (χ0n) is 14.8. The molecular formula is C18H26ClN3O3. The number of rotatable bonds is 7. The van der Waals surface area contributed by atoms with E-state index in [4.69, 9.17) is 16.7 Å². The van der Waals surface area contributed by atoms with E-state index < -0.39 is 5.97 Å². The van der Waals surface area contributed by atoms with Crippen molar-refractivity contribution >= 4 is 29.2 Å². The SMILES string of the molecule is CCN(CC(=O)O)C1CCN(CC(=O)Nc2ccc(C)c(Cl)c2)CC1. The Hall–Kier alpha value is -1.63. The summed E-state index contributed by atoms with van der Waals surface area (Å²) in [5, 5.41) is 12.5. The molecule has 1 amide bonds. The fourth-order valence-corrected chi connectivity index (χ4v) is 3.37. The number of aliphatic carboxylic acids is 1. The van der Waals surface area contributed by atoms with Gasteiger partial charge in [0.2, 0.25) is 5.91 Å². The van der Waals surface area contributed by atoms with Crippen LogP contribution in [0.1, 0.15) is 25.3 Å². The average Bonchev–Trinajstić information content (AvgIpc) is 2.56. The molecular weight excluding hydrogens is 342 g/mol. The second-order valence-electron chi connectivity index (χ2n) is 6.48. The Morgan fingerprint density at radius 1 is 1.36 bits per heavy atom. The summed E-state index contributed by atoms with van der Waals surface area (Å²) in [7, 11) is 0. The number of benzene rings is 1. The fourth-order valence-electron chi connectivity index (χ4n) is 3.19. The zero-order chi connectivity index (χ0) is 18.4. The topological polar surface area (TPSA) is 72.9 Å². The molecule has 2 N–H and O–H groups in total. The molecule has 0 saturated carbocycles. The first-order valence-electron chi connectivity index (χ1n) is 8.63. The first-order chi connectivity index (χ1) is 11.9. The number of halogens is 1. The number of likely N-dealkylation sites (tertiary alicyclic amines) is 1. The molecule has 0 bridgehead atoms. The van der Waals surface area contributed by atoms with Crippen LogP contribution in [0.15, 0.2) is 18.2 Å². The zero-order valence-corrected chi connectivity index (χ0v) is 15.6. The van der Waals surface area contributed by atoms with Crippen molar-refractivity contribution in [2.24, 2.45) is 0 Å². The van der Waals surface area contributed by atoms with Crippen LogP contribution in [0.5, 0.6) is 0 Å². The summed E-state index contributed by atoms with van der Waals surface area (Å²) in [6.45, 7) is 6.63. The number of likely N-dealkylation sites (N-methyl/N-ethyl adjacent to an activating group) is 1. The number of piperidine rings is 1. The van der Waals surface area contributed by atoms with E-state index >= 15 is 0 Å². The average molecular weight is 368 g/mol. The van der Waals surface area contributed by atoms with E-state index in [-0.39, 0.29) is 18.5 Å². The Bertz CT molecular complexity index is 616. The highest BCUT2D eigenvalue weighted by atomic mass is 35.5. The second kappa shape index (κ2) is 9.17. The number of carboxylic acids is 1. The number of carbonyl (C=O) groups is 2. The standard InChI is InChI=1S/C18H26ClN3O3/c1-3-22(12-18(24)25)15-6-8-21(9-7-15)11-17(23)20-14-5-4-13(2)16(19)10-14/h4-5,10,15H,3,6-9,11-12H2,1-2H3,(H,20,23)(H,24,25). The minimum Gasteiger partial charge on any atom is -0.480 e. The maximum Gasteiger partial charge on any atom is 0.317 e. The number of hydrogen-bond acceptors (Lipinski definition) is 4. The summed E-state index contributed by atoms with van der Waals surface area (Å²) in [5.74, 6) is -0.850. The van der Waals surface area contributed by atoms with Gasteiger partial charge < -0.3 is 10.4 Å². The molecule has 2 rings (SSSR count). The van der Waals surface area contributed by atoms with E-state index in [1.807, 2.05) is 30.9 Å². The molecule has 1 aliphatic heterocycles. The predicted molar refractivity (Wildman–Crippen MR) is 99.2 cm³/mol. The van der Waals surface area contributed by atoms with Crippen molar-refractivity contribution in [1.82, 2.24) is 9.80 Å².